The van der Waals surface area contributed by atoms with E-state index in [1.807, 2.05) is 25.1 Å². The van der Waals surface area contributed by atoms with Gasteiger partial charge in [0.05, 0.1) is 6.26 Å². The summed E-state index contributed by atoms with van der Waals surface area (Å²) in [6, 6.07) is 10.1. The standard InChI is InChI=1S/C14H21NO3S/c1-3-14(18-19(2,16)17)10-7-11-15(14)12-13-8-5-4-6-9-13/h4-6,8-9H,3,7,10-12H2,1-2H3. The Labute approximate surface area is 115 Å². The Hall–Kier alpha value is -0.910. The highest BCUT2D eigenvalue weighted by atomic mass is 32.2. The van der Waals surface area contributed by atoms with E-state index in [9.17, 15) is 8.42 Å². The van der Waals surface area contributed by atoms with Crippen molar-refractivity contribution < 1.29 is 12.6 Å². The van der Waals surface area contributed by atoms with Gasteiger partial charge in [0.15, 0.2) is 0 Å². The zero-order valence-corrected chi connectivity index (χ0v) is 12.3. The van der Waals surface area contributed by atoms with Crippen LogP contribution in [-0.2, 0) is 20.8 Å². The fourth-order valence-corrected chi connectivity index (χ4v) is 3.64. The van der Waals surface area contributed by atoms with Gasteiger partial charge in [0, 0.05) is 13.1 Å². The smallest absolute Gasteiger partial charge is 0.266 e. The molecule has 0 saturated carbocycles. The molecule has 0 radical (unpaired) electrons. The average Bonchev–Trinajstić information content (AvgIpc) is 2.72. The first-order valence-corrected chi connectivity index (χ1v) is 8.46. The molecule has 1 fully saturated rings. The van der Waals surface area contributed by atoms with E-state index >= 15 is 0 Å². The van der Waals surface area contributed by atoms with E-state index in [1.165, 1.54) is 5.56 Å². The van der Waals surface area contributed by atoms with Crippen molar-refractivity contribution >= 4 is 10.1 Å². The maximum absolute atomic E-state index is 11.5. The SMILES string of the molecule is CCC1(OS(C)(=O)=O)CCCN1Cc1ccccc1. The number of likely N-dealkylation sites (tertiary alicyclic amines) is 1. The topological polar surface area (TPSA) is 46.6 Å². The summed E-state index contributed by atoms with van der Waals surface area (Å²) in [5, 5.41) is 0. The fraction of sp³-hybridized carbons (Fsp3) is 0.571. The Kier molecular flexibility index (Phi) is 4.28. The molecule has 0 N–H and O–H groups in total. The minimum Gasteiger partial charge on any atom is -0.270 e. The summed E-state index contributed by atoms with van der Waals surface area (Å²) in [5.74, 6) is 0. The van der Waals surface area contributed by atoms with Crippen molar-refractivity contribution in [3.8, 4) is 0 Å². The molecule has 1 aromatic rings. The van der Waals surface area contributed by atoms with E-state index in [1.54, 1.807) is 0 Å². The normalized spacial score (nSPS) is 24.7. The maximum atomic E-state index is 11.5. The van der Waals surface area contributed by atoms with Gasteiger partial charge in [0.2, 0.25) is 0 Å². The van der Waals surface area contributed by atoms with Crippen LogP contribution in [0.3, 0.4) is 0 Å². The molecule has 106 valence electrons. The molecular formula is C14H21NO3S. The van der Waals surface area contributed by atoms with Gasteiger partial charge in [-0.2, -0.15) is 8.42 Å². The van der Waals surface area contributed by atoms with Crippen molar-refractivity contribution in [2.45, 2.75) is 38.5 Å². The Morgan fingerprint density at radius 2 is 2.00 bits per heavy atom. The van der Waals surface area contributed by atoms with Crippen LogP contribution in [0.1, 0.15) is 31.7 Å². The number of hydrogen-bond donors (Lipinski definition) is 0. The molecule has 1 saturated heterocycles. The van der Waals surface area contributed by atoms with Gasteiger partial charge in [-0.1, -0.05) is 37.3 Å². The molecule has 5 heteroatoms. The van der Waals surface area contributed by atoms with E-state index in [2.05, 4.69) is 17.0 Å². The Balaban J connectivity index is 2.19. The molecule has 1 unspecified atom stereocenters. The molecule has 1 aliphatic rings. The van der Waals surface area contributed by atoms with Gasteiger partial charge in [-0.25, -0.2) is 4.18 Å². The van der Waals surface area contributed by atoms with Gasteiger partial charge >= 0.3 is 0 Å². The summed E-state index contributed by atoms with van der Waals surface area (Å²) >= 11 is 0. The molecule has 2 rings (SSSR count). The zero-order valence-electron chi connectivity index (χ0n) is 11.5. The minimum atomic E-state index is -3.44. The predicted octanol–water partition coefficient (Wildman–Crippen LogP) is 2.36. The molecular weight excluding hydrogens is 262 g/mol. The van der Waals surface area contributed by atoms with Crippen LogP contribution < -0.4 is 0 Å². The molecule has 0 aliphatic carbocycles. The van der Waals surface area contributed by atoms with Crippen LogP contribution in [0.4, 0.5) is 0 Å². The predicted molar refractivity (Wildman–Crippen MR) is 75.0 cm³/mol. The highest BCUT2D eigenvalue weighted by Crippen LogP contribution is 2.36. The number of hydrogen-bond acceptors (Lipinski definition) is 4. The third-order valence-corrected chi connectivity index (χ3v) is 4.26. The summed E-state index contributed by atoms with van der Waals surface area (Å²) in [6.45, 7) is 3.58. The molecule has 1 atom stereocenters. The van der Waals surface area contributed by atoms with Crippen molar-refractivity contribution in [1.29, 1.82) is 0 Å². The second-order valence-electron chi connectivity index (χ2n) is 5.10. The highest BCUT2D eigenvalue weighted by Gasteiger charge is 2.43. The van der Waals surface area contributed by atoms with Gasteiger partial charge < -0.3 is 0 Å². The lowest BCUT2D eigenvalue weighted by Crippen LogP contribution is -2.46. The lowest BCUT2D eigenvalue weighted by molar-refractivity contribution is -0.0588. The fourth-order valence-electron chi connectivity index (χ4n) is 2.77. The maximum Gasteiger partial charge on any atom is 0.266 e. The van der Waals surface area contributed by atoms with Gasteiger partial charge in [0.25, 0.3) is 10.1 Å². The molecule has 1 aliphatic heterocycles. The van der Waals surface area contributed by atoms with Gasteiger partial charge in [0.1, 0.15) is 5.72 Å². The third-order valence-electron chi connectivity index (χ3n) is 3.65. The summed E-state index contributed by atoms with van der Waals surface area (Å²) in [7, 11) is -3.44. The third kappa shape index (κ3) is 3.55. The highest BCUT2D eigenvalue weighted by molar-refractivity contribution is 7.86. The van der Waals surface area contributed by atoms with Crippen molar-refractivity contribution in [3.05, 3.63) is 35.9 Å². The average molecular weight is 283 g/mol. The van der Waals surface area contributed by atoms with Crippen LogP contribution in [0.2, 0.25) is 0 Å². The van der Waals surface area contributed by atoms with Crippen LogP contribution >= 0.6 is 0 Å². The molecule has 0 aromatic heterocycles. The van der Waals surface area contributed by atoms with Crippen LogP contribution in [0, 0.1) is 0 Å². The van der Waals surface area contributed by atoms with E-state index < -0.39 is 15.8 Å². The molecule has 4 nitrogen and oxygen atoms in total. The number of benzene rings is 1. The Morgan fingerprint density at radius 1 is 1.32 bits per heavy atom. The van der Waals surface area contributed by atoms with Crippen LogP contribution in [-0.4, -0.2) is 31.8 Å². The second kappa shape index (κ2) is 5.61. The van der Waals surface area contributed by atoms with Crippen molar-refractivity contribution in [2.75, 3.05) is 12.8 Å². The molecule has 19 heavy (non-hydrogen) atoms. The quantitative estimate of drug-likeness (QED) is 0.778. The lowest BCUT2D eigenvalue weighted by Gasteiger charge is -2.36. The summed E-state index contributed by atoms with van der Waals surface area (Å²) in [6.07, 6.45) is 3.54. The van der Waals surface area contributed by atoms with Crippen molar-refractivity contribution in [3.63, 3.8) is 0 Å². The summed E-state index contributed by atoms with van der Waals surface area (Å²) in [5.41, 5.74) is 0.517. The number of rotatable bonds is 5. The first kappa shape index (κ1) is 14.5. The minimum absolute atomic E-state index is 0.663. The molecule has 1 heterocycles. The molecule has 0 amide bonds. The molecule has 1 aromatic carbocycles. The van der Waals surface area contributed by atoms with Crippen molar-refractivity contribution in [1.82, 2.24) is 4.90 Å². The first-order valence-electron chi connectivity index (χ1n) is 6.65. The van der Waals surface area contributed by atoms with Gasteiger partial charge in [-0.15, -0.1) is 0 Å². The lowest BCUT2D eigenvalue weighted by atomic mass is 10.1. The first-order chi connectivity index (χ1) is 8.95. The van der Waals surface area contributed by atoms with Crippen LogP contribution in [0.25, 0.3) is 0 Å². The van der Waals surface area contributed by atoms with Crippen molar-refractivity contribution in [2.24, 2.45) is 0 Å². The Bertz CT molecular complexity index is 515. The van der Waals surface area contributed by atoms with E-state index in [0.29, 0.717) is 6.42 Å². The van der Waals surface area contributed by atoms with E-state index in [0.717, 1.165) is 32.2 Å². The summed E-state index contributed by atoms with van der Waals surface area (Å²) in [4.78, 5) is 2.14. The van der Waals surface area contributed by atoms with Gasteiger partial charge in [-0.3, -0.25) is 4.90 Å². The van der Waals surface area contributed by atoms with E-state index in [-0.39, 0.29) is 0 Å². The Morgan fingerprint density at radius 3 is 2.58 bits per heavy atom. The van der Waals surface area contributed by atoms with Gasteiger partial charge in [-0.05, 0) is 24.8 Å². The molecule has 0 spiro atoms. The molecule has 0 bridgehead atoms. The zero-order chi connectivity index (χ0) is 13.9. The van der Waals surface area contributed by atoms with Crippen LogP contribution in [0.5, 0.6) is 0 Å². The largest absolute Gasteiger partial charge is 0.270 e. The summed E-state index contributed by atoms with van der Waals surface area (Å²) < 4.78 is 28.4. The monoisotopic (exact) mass is 283 g/mol. The van der Waals surface area contributed by atoms with E-state index in [4.69, 9.17) is 4.18 Å². The second-order valence-corrected chi connectivity index (χ2v) is 6.67. The van der Waals surface area contributed by atoms with Crippen LogP contribution in [0.15, 0.2) is 30.3 Å². The number of nitrogens with zero attached hydrogens (tertiary/aromatic N) is 1.